The normalized spacial score (nSPS) is 12.7. The molecule has 0 saturated carbocycles. The highest BCUT2D eigenvalue weighted by Gasteiger charge is 2.33. The lowest BCUT2D eigenvalue weighted by Gasteiger charge is -2.30. The number of sulfonamides is 1. The summed E-state index contributed by atoms with van der Waals surface area (Å²) in [4.78, 5) is 18.9. The maximum Gasteiger partial charge on any atom is 0.266 e. The molecule has 0 bridgehead atoms. The Bertz CT molecular complexity index is 1550. The van der Waals surface area contributed by atoms with Gasteiger partial charge in [0.1, 0.15) is 11.6 Å². The first-order chi connectivity index (χ1) is 18.3. The molecule has 0 aliphatic heterocycles. The molecule has 1 unspecified atom stereocenters. The summed E-state index contributed by atoms with van der Waals surface area (Å²) in [5.74, 6) is 1.01. The van der Waals surface area contributed by atoms with E-state index in [0.29, 0.717) is 41.1 Å². The summed E-state index contributed by atoms with van der Waals surface area (Å²) in [6, 6.07) is 20.1. The van der Waals surface area contributed by atoms with Crippen LogP contribution in [0.15, 0.2) is 87.0 Å². The van der Waals surface area contributed by atoms with Gasteiger partial charge in [0.15, 0.2) is 0 Å². The fraction of sp³-hybridized carbons (Fsp3) is 0.310. The number of hydrogen-bond acceptors (Lipinski definition) is 5. The number of aromatic nitrogens is 2. The van der Waals surface area contributed by atoms with E-state index >= 15 is 0 Å². The molecule has 3 aromatic carbocycles. The van der Waals surface area contributed by atoms with Crippen molar-refractivity contribution in [1.82, 2.24) is 13.9 Å². The third-order valence-corrected chi connectivity index (χ3v) is 9.10. The molecule has 200 valence electrons. The minimum atomic E-state index is -3.89. The Balaban J connectivity index is 1.89. The zero-order valence-corrected chi connectivity index (χ0v) is 24.2. The minimum Gasteiger partial charge on any atom is -0.497 e. The smallest absolute Gasteiger partial charge is 0.266 e. The van der Waals surface area contributed by atoms with Crippen molar-refractivity contribution in [2.45, 2.75) is 50.5 Å². The Morgan fingerprint density at radius 1 is 0.974 bits per heavy atom. The lowest BCUT2D eigenvalue weighted by atomic mass is 10.1. The van der Waals surface area contributed by atoms with Crippen LogP contribution in [-0.4, -0.2) is 35.9 Å². The number of methoxy groups -OCH3 is 1. The van der Waals surface area contributed by atoms with Gasteiger partial charge in [0.05, 0.1) is 34.6 Å². The topological polar surface area (TPSA) is 81.5 Å². The van der Waals surface area contributed by atoms with Gasteiger partial charge in [-0.1, -0.05) is 54.2 Å². The fourth-order valence-electron chi connectivity index (χ4n) is 4.50. The molecule has 1 heterocycles. The van der Waals surface area contributed by atoms with Gasteiger partial charge >= 0.3 is 0 Å². The van der Waals surface area contributed by atoms with Crippen LogP contribution >= 0.6 is 15.9 Å². The number of fused-ring (bicyclic) bond motifs is 1. The molecule has 0 spiro atoms. The Morgan fingerprint density at radius 2 is 1.66 bits per heavy atom. The van der Waals surface area contributed by atoms with Crippen LogP contribution in [0.5, 0.6) is 5.75 Å². The SMILES string of the molecule is CCCCCCN(C(C)c1nc2ccccc2c(=O)n1-c1ccc(OC)cc1)S(=O)(=O)c1ccc(Br)cc1. The predicted molar refractivity (Wildman–Crippen MR) is 154 cm³/mol. The van der Waals surface area contributed by atoms with Crippen molar-refractivity contribution in [1.29, 1.82) is 0 Å². The van der Waals surface area contributed by atoms with E-state index in [1.165, 1.54) is 8.87 Å². The molecular formula is C29H32BrN3O4S. The van der Waals surface area contributed by atoms with Gasteiger partial charge in [-0.3, -0.25) is 9.36 Å². The van der Waals surface area contributed by atoms with Crippen LogP contribution in [0.1, 0.15) is 51.4 Å². The molecule has 1 atom stereocenters. The van der Waals surface area contributed by atoms with Crippen LogP contribution in [-0.2, 0) is 10.0 Å². The maximum absolute atomic E-state index is 14.0. The van der Waals surface area contributed by atoms with Crippen molar-refractivity contribution >= 4 is 36.9 Å². The standard InChI is InChI=1S/C29H32BrN3O4S/c1-4-5-6-9-20-32(38(35,36)25-18-12-22(30)13-19-25)21(2)28-31-27-11-8-7-10-26(27)29(34)33(28)23-14-16-24(37-3)17-15-23/h7-8,10-19,21H,4-6,9,20H2,1-3H3. The van der Waals surface area contributed by atoms with Gasteiger partial charge in [-0.25, -0.2) is 13.4 Å². The largest absolute Gasteiger partial charge is 0.497 e. The Kier molecular flexibility index (Phi) is 9.02. The predicted octanol–water partition coefficient (Wildman–Crippen LogP) is 6.49. The Hall–Kier alpha value is -3.01. The number of hydrogen-bond donors (Lipinski definition) is 0. The van der Waals surface area contributed by atoms with Gasteiger partial charge in [0, 0.05) is 11.0 Å². The molecule has 0 saturated heterocycles. The summed E-state index contributed by atoms with van der Waals surface area (Å²) in [5.41, 5.74) is 0.855. The van der Waals surface area contributed by atoms with E-state index in [4.69, 9.17) is 9.72 Å². The summed E-state index contributed by atoms with van der Waals surface area (Å²) < 4.78 is 37.0. The molecule has 4 rings (SSSR count). The first kappa shape index (κ1) is 28.0. The highest BCUT2D eigenvalue weighted by atomic mass is 79.9. The quantitative estimate of drug-likeness (QED) is 0.185. The van der Waals surface area contributed by atoms with Crippen molar-refractivity contribution in [2.75, 3.05) is 13.7 Å². The van der Waals surface area contributed by atoms with Gasteiger partial charge < -0.3 is 4.74 Å². The summed E-state index contributed by atoms with van der Waals surface area (Å²) in [6.45, 7) is 4.23. The second-order valence-electron chi connectivity index (χ2n) is 9.13. The monoisotopic (exact) mass is 597 g/mol. The van der Waals surface area contributed by atoms with Gasteiger partial charge in [0.2, 0.25) is 10.0 Å². The molecule has 0 fully saturated rings. The van der Waals surface area contributed by atoms with E-state index in [1.807, 2.05) is 6.07 Å². The number of rotatable bonds is 11. The zero-order chi connectivity index (χ0) is 27.3. The van der Waals surface area contributed by atoms with E-state index in [-0.39, 0.29) is 10.5 Å². The van der Waals surface area contributed by atoms with E-state index in [1.54, 1.807) is 80.8 Å². The molecule has 7 nitrogen and oxygen atoms in total. The molecule has 1 aromatic heterocycles. The lowest BCUT2D eigenvalue weighted by molar-refractivity contribution is 0.319. The van der Waals surface area contributed by atoms with Crippen molar-refractivity contribution in [3.05, 3.63) is 93.4 Å². The van der Waals surface area contributed by atoms with E-state index in [9.17, 15) is 13.2 Å². The van der Waals surface area contributed by atoms with Crippen LogP contribution < -0.4 is 10.3 Å². The number of nitrogens with zero attached hydrogens (tertiary/aromatic N) is 3. The second-order valence-corrected chi connectivity index (χ2v) is 11.9. The van der Waals surface area contributed by atoms with Crippen LogP contribution in [0.4, 0.5) is 0 Å². The minimum absolute atomic E-state index is 0.196. The number of ether oxygens (including phenoxy) is 1. The Morgan fingerprint density at radius 3 is 2.32 bits per heavy atom. The first-order valence-electron chi connectivity index (χ1n) is 12.7. The van der Waals surface area contributed by atoms with Crippen LogP contribution in [0.2, 0.25) is 0 Å². The van der Waals surface area contributed by atoms with Crippen LogP contribution in [0.3, 0.4) is 0 Å². The highest BCUT2D eigenvalue weighted by molar-refractivity contribution is 9.10. The number of benzene rings is 3. The molecule has 0 aliphatic rings. The number of halogens is 1. The third-order valence-electron chi connectivity index (χ3n) is 6.59. The molecule has 9 heteroatoms. The van der Waals surface area contributed by atoms with Gasteiger partial charge in [-0.2, -0.15) is 4.31 Å². The summed E-state index contributed by atoms with van der Waals surface area (Å²) >= 11 is 3.39. The van der Waals surface area contributed by atoms with Crippen molar-refractivity contribution in [3.8, 4) is 11.4 Å². The van der Waals surface area contributed by atoms with E-state index in [2.05, 4.69) is 22.9 Å². The molecule has 0 amide bonds. The van der Waals surface area contributed by atoms with Gasteiger partial charge in [-0.05, 0) is 74.0 Å². The summed E-state index contributed by atoms with van der Waals surface area (Å²) in [7, 11) is -2.31. The third kappa shape index (κ3) is 5.85. The fourth-order valence-corrected chi connectivity index (χ4v) is 6.39. The molecule has 38 heavy (non-hydrogen) atoms. The molecule has 0 aliphatic carbocycles. The lowest BCUT2D eigenvalue weighted by Crippen LogP contribution is -2.38. The van der Waals surface area contributed by atoms with E-state index < -0.39 is 16.1 Å². The number of para-hydroxylation sites is 1. The van der Waals surface area contributed by atoms with Crippen molar-refractivity contribution < 1.29 is 13.2 Å². The van der Waals surface area contributed by atoms with Crippen LogP contribution in [0, 0.1) is 0 Å². The van der Waals surface area contributed by atoms with Gasteiger partial charge in [-0.15, -0.1) is 0 Å². The van der Waals surface area contributed by atoms with Crippen molar-refractivity contribution in [2.24, 2.45) is 0 Å². The molecular weight excluding hydrogens is 566 g/mol. The second kappa shape index (κ2) is 12.2. The molecule has 0 N–H and O–H groups in total. The highest BCUT2D eigenvalue weighted by Crippen LogP contribution is 2.30. The van der Waals surface area contributed by atoms with Crippen molar-refractivity contribution in [3.63, 3.8) is 0 Å². The number of unbranched alkanes of at least 4 members (excludes halogenated alkanes) is 3. The zero-order valence-electron chi connectivity index (χ0n) is 21.8. The van der Waals surface area contributed by atoms with Crippen LogP contribution in [0.25, 0.3) is 16.6 Å². The van der Waals surface area contributed by atoms with Gasteiger partial charge in [0.25, 0.3) is 5.56 Å². The summed E-state index contributed by atoms with van der Waals surface area (Å²) in [6.07, 6.45) is 3.67. The van der Waals surface area contributed by atoms with E-state index in [0.717, 1.165) is 23.7 Å². The molecule has 0 radical (unpaired) electrons. The summed E-state index contributed by atoms with van der Waals surface area (Å²) in [5, 5.41) is 0.463. The average Bonchev–Trinajstić information content (AvgIpc) is 2.93. The average molecular weight is 599 g/mol. The Labute approximate surface area is 232 Å². The molecule has 4 aromatic rings. The first-order valence-corrected chi connectivity index (χ1v) is 14.9. The maximum atomic E-state index is 14.0.